The molecule has 0 aliphatic carbocycles. The summed E-state index contributed by atoms with van der Waals surface area (Å²) in [5.74, 6) is 0.356. The first-order chi connectivity index (χ1) is 13.4. The van der Waals surface area contributed by atoms with E-state index < -0.39 is 0 Å². The number of halogens is 3. The van der Waals surface area contributed by atoms with E-state index in [9.17, 15) is 4.79 Å². The maximum absolute atomic E-state index is 10.9. The second-order valence-corrected chi connectivity index (χ2v) is 7.10. The fourth-order valence-corrected chi connectivity index (χ4v) is 3.65. The van der Waals surface area contributed by atoms with Crippen LogP contribution in [0.2, 0.25) is 10.0 Å². The van der Waals surface area contributed by atoms with Crippen LogP contribution in [0.15, 0.2) is 47.1 Å². The summed E-state index contributed by atoms with van der Waals surface area (Å²) in [5, 5.41) is 22.6. The van der Waals surface area contributed by atoms with Gasteiger partial charge in [-0.1, -0.05) is 47.5 Å². The molecule has 0 saturated carbocycles. The van der Waals surface area contributed by atoms with E-state index >= 15 is 0 Å². The fraction of sp³-hybridized carbons (Fsp3) is 0.100. The fourth-order valence-electron chi connectivity index (χ4n) is 2.39. The first-order valence-electron chi connectivity index (χ1n) is 7.94. The van der Waals surface area contributed by atoms with Gasteiger partial charge in [0.1, 0.15) is 16.5 Å². The minimum absolute atomic E-state index is 0.152. The van der Waals surface area contributed by atoms with Gasteiger partial charge in [-0.15, -0.1) is 0 Å². The average Bonchev–Trinajstić information content (AvgIpc) is 2.62. The zero-order valence-corrected chi connectivity index (χ0v) is 17.7. The number of anilines is 1. The van der Waals surface area contributed by atoms with Gasteiger partial charge in [-0.05, 0) is 45.1 Å². The Bertz CT molecular complexity index is 1120. The van der Waals surface area contributed by atoms with E-state index in [4.69, 9.17) is 33.7 Å². The molecule has 140 valence electrons. The highest BCUT2D eigenvalue weighted by Crippen LogP contribution is 2.31. The number of amides is 1. The van der Waals surface area contributed by atoms with Gasteiger partial charge in [0, 0.05) is 12.3 Å². The highest BCUT2D eigenvalue weighted by Gasteiger charge is 2.07. The van der Waals surface area contributed by atoms with Gasteiger partial charge in [0.05, 0.1) is 28.1 Å². The van der Waals surface area contributed by atoms with Crippen LogP contribution < -0.4 is 5.32 Å². The molecule has 0 saturated heterocycles. The molecule has 1 aromatic heterocycles. The van der Waals surface area contributed by atoms with Crippen LogP contribution in [-0.4, -0.2) is 10.9 Å². The minimum Gasteiger partial charge on any atom is -0.311 e. The zero-order valence-electron chi connectivity index (χ0n) is 14.6. The Balaban J connectivity index is 0.000000209. The number of nitrogens with one attached hydrogen (secondary N) is 1. The number of nitrogens with zero attached hydrogens (tertiary/aromatic N) is 3. The van der Waals surface area contributed by atoms with Crippen LogP contribution >= 0.6 is 39.1 Å². The number of hydrogen-bond donors (Lipinski definition) is 1. The summed E-state index contributed by atoms with van der Waals surface area (Å²) in [6.45, 7) is 1.44. The second kappa shape index (κ2) is 10.1. The molecule has 0 aliphatic rings. The topological polar surface area (TPSA) is 89.6 Å². The SMILES string of the molecule is CC(=O)Nc1cc2cccc(Cl)c2c(Br)n1.N#CCc1cccc(Cl)c1C#N. The largest absolute Gasteiger partial charge is 0.311 e. The van der Waals surface area contributed by atoms with Gasteiger partial charge >= 0.3 is 0 Å². The molecule has 0 bridgehead atoms. The molecule has 3 aromatic rings. The monoisotopic (exact) mass is 474 g/mol. The molecule has 0 aliphatic heterocycles. The predicted molar refractivity (Wildman–Crippen MR) is 114 cm³/mol. The molecule has 0 spiro atoms. The van der Waals surface area contributed by atoms with E-state index in [0.717, 1.165) is 10.8 Å². The first-order valence-corrected chi connectivity index (χ1v) is 9.49. The molecule has 3 rings (SSSR count). The number of aromatic nitrogens is 1. The molecule has 0 radical (unpaired) electrons. The molecule has 0 unspecified atom stereocenters. The number of hydrogen-bond acceptors (Lipinski definition) is 4. The van der Waals surface area contributed by atoms with E-state index in [1.165, 1.54) is 6.92 Å². The van der Waals surface area contributed by atoms with Crippen LogP contribution in [0, 0.1) is 22.7 Å². The van der Waals surface area contributed by atoms with Gasteiger partial charge in [0.25, 0.3) is 0 Å². The summed E-state index contributed by atoms with van der Waals surface area (Å²) < 4.78 is 0.624. The van der Waals surface area contributed by atoms with Gasteiger partial charge in [0.15, 0.2) is 0 Å². The third-order valence-electron chi connectivity index (χ3n) is 3.55. The quantitative estimate of drug-likeness (QED) is 0.468. The summed E-state index contributed by atoms with van der Waals surface area (Å²) in [6, 6.07) is 16.4. The van der Waals surface area contributed by atoms with Crippen LogP contribution in [-0.2, 0) is 11.2 Å². The smallest absolute Gasteiger partial charge is 0.222 e. The molecular formula is C20H13BrCl2N4O. The van der Waals surface area contributed by atoms with Crippen LogP contribution in [0.4, 0.5) is 5.82 Å². The first kappa shape index (κ1) is 21.7. The van der Waals surface area contributed by atoms with Crippen LogP contribution in [0.3, 0.4) is 0 Å². The molecule has 0 atom stereocenters. The van der Waals surface area contributed by atoms with Gasteiger partial charge in [-0.2, -0.15) is 10.5 Å². The number of pyridine rings is 1. The van der Waals surface area contributed by atoms with Gasteiger partial charge in [0.2, 0.25) is 5.91 Å². The van der Waals surface area contributed by atoms with Crippen molar-refractivity contribution in [2.75, 3.05) is 5.32 Å². The molecular weight excluding hydrogens is 463 g/mol. The highest BCUT2D eigenvalue weighted by molar-refractivity contribution is 9.10. The molecule has 0 fully saturated rings. The number of carbonyl (C=O) groups is 1. The number of nitriles is 2. The van der Waals surface area contributed by atoms with Crippen LogP contribution in [0.1, 0.15) is 18.1 Å². The van der Waals surface area contributed by atoms with Crippen LogP contribution in [0.5, 0.6) is 0 Å². The van der Waals surface area contributed by atoms with Crippen molar-refractivity contribution in [2.24, 2.45) is 0 Å². The summed E-state index contributed by atoms with van der Waals surface area (Å²) in [6.07, 6.45) is 0.226. The Morgan fingerprint density at radius 3 is 2.50 bits per heavy atom. The van der Waals surface area contributed by atoms with Crippen molar-refractivity contribution in [1.29, 1.82) is 10.5 Å². The Morgan fingerprint density at radius 1 is 1.18 bits per heavy atom. The Morgan fingerprint density at radius 2 is 1.86 bits per heavy atom. The molecule has 1 heterocycles. The normalized spacial score (nSPS) is 9.64. The lowest BCUT2D eigenvalue weighted by Gasteiger charge is -2.06. The van der Waals surface area contributed by atoms with E-state index in [1.807, 2.05) is 24.3 Å². The molecule has 8 heteroatoms. The van der Waals surface area contributed by atoms with E-state index in [0.29, 0.717) is 31.6 Å². The molecule has 5 nitrogen and oxygen atoms in total. The van der Waals surface area contributed by atoms with Gasteiger partial charge in [-0.25, -0.2) is 4.98 Å². The molecule has 28 heavy (non-hydrogen) atoms. The Labute approximate surface area is 180 Å². The lowest BCUT2D eigenvalue weighted by atomic mass is 10.1. The highest BCUT2D eigenvalue weighted by atomic mass is 79.9. The Kier molecular flexibility index (Phi) is 7.78. The third kappa shape index (κ3) is 5.43. The van der Waals surface area contributed by atoms with E-state index in [1.54, 1.807) is 30.3 Å². The predicted octanol–water partition coefficient (Wildman–Crippen LogP) is 5.89. The van der Waals surface area contributed by atoms with E-state index in [-0.39, 0.29) is 12.3 Å². The summed E-state index contributed by atoms with van der Waals surface area (Å²) in [5.41, 5.74) is 1.09. The summed E-state index contributed by atoms with van der Waals surface area (Å²) in [4.78, 5) is 15.1. The number of benzene rings is 2. The zero-order chi connectivity index (χ0) is 20.7. The molecule has 1 amide bonds. The maximum atomic E-state index is 10.9. The van der Waals surface area contributed by atoms with Crippen LogP contribution in [0.25, 0.3) is 10.8 Å². The second-order valence-electron chi connectivity index (χ2n) is 5.54. The third-order valence-corrected chi connectivity index (χ3v) is 4.75. The summed E-state index contributed by atoms with van der Waals surface area (Å²) in [7, 11) is 0. The van der Waals surface area contributed by atoms with E-state index in [2.05, 4.69) is 26.2 Å². The number of fused-ring (bicyclic) bond motifs is 1. The number of carbonyl (C=O) groups excluding carboxylic acids is 1. The van der Waals surface area contributed by atoms with Crippen molar-refractivity contribution in [3.63, 3.8) is 0 Å². The van der Waals surface area contributed by atoms with Crippen molar-refractivity contribution >= 4 is 61.6 Å². The van der Waals surface area contributed by atoms with Gasteiger partial charge < -0.3 is 5.32 Å². The Hall–Kier alpha value is -2.64. The summed E-state index contributed by atoms with van der Waals surface area (Å²) >= 11 is 15.1. The minimum atomic E-state index is -0.152. The lowest BCUT2D eigenvalue weighted by molar-refractivity contribution is -0.114. The van der Waals surface area contributed by atoms with Crippen molar-refractivity contribution in [3.05, 3.63) is 68.2 Å². The average molecular weight is 476 g/mol. The molecule has 1 N–H and O–H groups in total. The standard InChI is InChI=1S/C11H8BrClN2O.C9H5ClN2/c1-6(16)14-9-5-7-3-2-4-8(13)10(7)11(12)15-9;10-9-3-1-2-7(4-5-11)8(9)6-12/h2-5H,1H3,(H,14,15,16);1-3H,4H2. The van der Waals surface area contributed by atoms with Crippen molar-refractivity contribution in [1.82, 2.24) is 4.98 Å². The van der Waals surface area contributed by atoms with Crippen molar-refractivity contribution < 1.29 is 4.79 Å². The molecule has 2 aromatic carbocycles. The number of rotatable bonds is 2. The van der Waals surface area contributed by atoms with Gasteiger partial charge in [-0.3, -0.25) is 4.79 Å². The van der Waals surface area contributed by atoms with Crippen molar-refractivity contribution in [2.45, 2.75) is 13.3 Å². The lowest BCUT2D eigenvalue weighted by Crippen LogP contribution is -2.07. The maximum Gasteiger partial charge on any atom is 0.222 e. The van der Waals surface area contributed by atoms with Crippen molar-refractivity contribution in [3.8, 4) is 12.1 Å².